The number of benzene rings is 1. The van der Waals surface area contributed by atoms with Crippen LogP contribution in [0.25, 0.3) is 0 Å². The molecule has 2 heteroatoms. The Morgan fingerprint density at radius 3 is 2.67 bits per heavy atom. The average Bonchev–Trinajstić information content (AvgIpc) is 2.23. The molecule has 1 aliphatic carbocycles. The molecule has 2 atom stereocenters. The summed E-state index contributed by atoms with van der Waals surface area (Å²) in [6.07, 6.45) is 3.05. The van der Waals surface area contributed by atoms with Crippen molar-refractivity contribution in [3.05, 3.63) is 23.3 Å². The van der Waals surface area contributed by atoms with Gasteiger partial charge in [0, 0.05) is 5.56 Å². The first-order chi connectivity index (χ1) is 7.13. The minimum Gasteiger partial charge on any atom is -0.504 e. The number of hydrogen-bond acceptors (Lipinski definition) is 2. The number of aromatic hydroxyl groups is 2. The van der Waals surface area contributed by atoms with Gasteiger partial charge in [0.05, 0.1) is 0 Å². The molecule has 2 unspecified atom stereocenters. The first-order valence-electron chi connectivity index (χ1n) is 5.66. The second kappa shape index (κ2) is 3.76. The lowest BCUT2D eigenvalue weighted by atomic mass is 9.75. The minimum atomic E-state index is 0.0122. The third-order valence-electron chi connectivity index (χ3n) is 3.70. The van der Waals surface area contributed by atoms with Crippen LogP contribution in [0.3, 0.4) is 0 Å². The van der Waals surface area contributed by atoms with Crippen LogP contribution in [0.15, 0.2) is 12.1 Å². The van der Waals surface area contributed by atoms with Gasteiger partial charge in [-0.15, -0.1) is 0 Å². The van der Waals surface area contributed by atoms with E-state index in [0.29, 0.717) is 11.8 Å². The zero-order valence-electron chi connectivity index (χ0n) is 9.33. The summed E-state index contributed by atoms with van der Waals surface area (Å²) in [6, 6.07) is 3.53. The van der Waals surface area contributed by atoms with Crippen LogP contribution in [0, 0.1) is 11.8 Å². The monoisotopic (exact) mass is 206 g/mol. The molecule has 1 aromatic carbocycles. The largest absolute Gasteiger partial charge is 0.504 e. The third-order valence-corrected chi connectivity index (χ3v) is 3.70. The Hall–Kier alpha value is -1.18. The van der Waals surface area contributed by atoms with Gasteiger partial charge < -0.3 is 10.2 Å². The maximum absolute atomic E-state index is 9.79. The van der Waals surface area contributed by atoms with Crippen LogP contribution in [0.4, 0.5) is 0 Å². The number of rotatable bonds is 1. The standard InChI is InChI=1S/C13H18O2/c1-3-9-7-11-10(6-8(9)2)4-5-12(14)13(11)15/h4-5,8-9,14-15H,3,6-7H2,1-2H3. The van der Waals surface area contributed by atoms with E-state index < -0.39 is 0 Å². The van der Waals surface area contributed by atoms with Crippen molar-refractivity contribution in [3.8, 4) is 11.5 Å². The van der Waals surface area contributed by atoms with E-state index in [1.165, 1.54) is 5.56 Å². The van der Waals surface area contributed by atoms with Crippen LogP contribution in [0.1, 0.15) is 31.4 Å². The lowest BCUT2D eigenvalue weighted by Crippen LogP contribution is -2.22. The maximum Gasteiger partial charge on any atom is 0.160 e. The van der Waals surface area contributed by atoms with Crippen LogP contribution in [-0.4, -0.2) is 10.2 Å². The highest BCUT2D eigenvalue weighted by molar-refractivity contribution is 5.50. The van der Waals surface area contributed by atoms with E-state index in [-0.39, 0.29) is 11.5 Å². The molecule has 1 aliphatic rings. The number of fused-ring (bicyclic) bond motifs is 1. The summed E-state index contributed by atoms with van der Waals surface area (Å²) in [6.45, 7) is 4.45. The van der Waals surface area contributed by atoms with Crippen molar-refractivity contribution < 1.29 is 10.2 Å². The number of phenolic OH excluding ortho intramolecular Hbond substituents is 2. The normalized spacial score (nSPS) is 24.9. The van der Waals surface area contributed by atoms with Gasteiger partial charge in [-0.05, 0) is 36.3 Å². The molecule has 0 aliphatic heterocycles. The van der Waals surface area contributed by atoms with Crippen molar-refractivity contribution in [1.82, 2.24) is 0 Å². The summed E-state index contributed by atoms with van der Waals surface area (Å²) in [5.74, 6) is 1.41. The Bertz CT molecular complexity index is 371. The van der Waals surface area contributed by atoms with Crippen molar-refractivity contribution in [1.29, 1.82) is 0 Å². The lowest BCUT2D eigenvalue weighted by Gasteiger charge is -2.30. The minimum absolute atomic E-state index is 0.0122. The Balaban J connectivity index is 2.41. The molecular formula is C13H18O2. The van der Waals surface area contributed by atoms with Gasteiger partial charge in [0.2, 0.25) is 0 Å². The first-order valence-corrected chi connectivity index (χ1v) is 5.66. The first kappa shape index (κ1) is 10.3. The molecular weight excluding hydrogens is 188 g/mol. The van der Waals surface area contributed by atoms with E-state index in [2.05, 4.69) is 13.8 Å². The molecule has 2 N–H and O–H groups in total. The molecule has 0 saturated heterocycles. The van der Waals surface area contributed by atoms with Gasteiger partial charge in [-0.25, -0.2) is 0 Å². The summed E-state index contributed by atoms with van der Waals surface area (Å²) in [5, 5.41) is 19.2. The molecule has 1 aromatic rings. The molecule has 0 amide bonds. The van der Waals surface area contributed by atoms with Crippen LogP contribution >= 0.6 is 0 Å². The summed E-state index contributed by atoms with van der Waals surface area (Å²) in [7, 11) is 0. The van der Waals surface area contributed by atoms with Crippen molar-refractivity contribution >= 4 is 0 Å². The van der Waals surface area contributed by atoms with Gasteiger partial charge in [0.1, 0.15) is 0 Å². The summed E-state index contributed by atoms with van der Waals surface area (Å²) in [4.78, 5) is 0. The summed E-state index contributed by atoms with van der Waals surface area (Å²) >= 11 is 0. The fourth-order valence-corrected chi connectivity index (χ4v) is 2.61. The van der Waals surface area contributed by atoms with Crippen molar-refractivity contribution in [2.24, 2.45) is 11.8 Å². The highest BCUT2D eigenvalue weighted by atomic mass is 16.3. The molecule has 0 radical (unpaired) electrons. The molecule has 0 bridgehead atoms. The van der Waals surface area contributed by atoms with Crippen molar-refractivity contribution in [2.45, 2.75) is 33.1 Å². The molecule has 0 aromatic heterocycles. The zero-order valence-corrected chi connectivity index (χ0v) is 9.33. The van der Waals surface area contributed by atoms with E-state index in [4.69, 9.17) is 0 Å². The zero-order chi connectivity index (χ0) is 11.0. The molecule has 15 heavy (non-hydrogen) atoms. The Morgan fingerprint density at radius 1 is 1.27 bits per heavy atom. The van der Waals surface area contributed by atoms with E-state index in [0.717, 1.165) is 24.8 Å². The smallest absolute Gasteiger partial charge is 0.160 e. The van der Waals surface area contributed by atoms with Gasteiger partial charge in [-0.1, -0.05) is 26.3 Å². The Morgan fingerprint density at radius 2 is 2.00 bits per heavy atom. The van der Waals surface area contributed by atoms with E-state index >= 15 is 0 Å². The second-order valence-corrected chi connectivity index (χ2v) is 4.62. The molecule has 0 heterocycles. The fraction of sp³-hybridized carbons (Fsp3) is 0.538. The van der Waals surface area contributed by atoms with Crippen LogP contribution in [-0.2, 0) is 12.8 Å². The van der Waals surface area contributed by atoms with Crippen molar-refractivity contribution in [3.63, 3.8) is 0 Å². The highest BCUT2D eigenvalue weighted by Gasteiger charge is 2.26. The molecule has 2 rings (SSSR count). The lowest BCUT2D eigenvalue weighted by molar-refractivity contribution is 0.312. The number of hydrogen-bond donors (Lipinski definition) is 2. The van der Waals surface area contributed by atoms with Crippen LogP contribution in [0.2, 0.25) is 0 Å². The number of phenols is 2. The SMILES string of the molecule is CCC1Cc2c(ccc(O)c2O)CC1C. The molecule has 0 spiro atoms. The van der Waals surface area contributed by atoms with Gasteiger partial charge in [-0.3, -0.25) is 0 Å². The third kappa shape index (κ3) is 1.69. The summed E-state index contributed by atoms with van der Waals surface area (Å²) < 4.78 is 0. The molecule has 2 nitrogen and oxygen atoms in total. The van der Waals surface area contributed by atoms with Gasteiger partial charge in [0.15, 0.2) is 11.5 Å². The molecule has 82 valence electrons. The Labute approximate surface area is 90.6 Å². The second-order valence-electron chi connectivity index (χ2n) is 4.62. The van der Waals surface area contributed by atoms with Gasteiger partial charge >= 0.3 is 0 Å². The average molecular weight is 206 g/mol. The molecule has 0 fully saturated rings. The quantitative estimate of drug-likeness (QED) is 0.694. The highest BCUT2D eigenvalue weighted by Crippen LogP contribution is 2.40. The Kier molecular flexibility index (Phi) is 2.59. The van der Waals surface area contributed by atoms with Crippen molar-refractivity contribution in [2.75, 3.05) is 0 Å². The molecule has 0 saturated carbocycles. The van der Waals surface area contributed by atoms with E-state index in [1.807, 2.05) is 6.07 Å². The predicted octanol–water partition coefficient (Wildman–Crippen LogP) is 2.86. The van der Waals surface area contributed by atoms with E-state index in [1.54, 1.807) is 6.07 Å². The van der Waals surface area contributed by atoms with Crippen LogP contribution in [0.5, 0.6) is 11.5 Å². The predicted molar refractivity (Wildman–Crippen MR) is 60.1 cm³/mol. The van der Waals surface area contributed by atoms with Crippen LogP contribution < -0.4 is 0 Å². The van der Waals surface area contributed by atoms with Gasteiger partial charge in [0.25, 0.3) is 0 Å². The van der Waals surface area contributed by atoms with E-state index in [9.17, 15) is 10.2 Å². The topological polar surface area (TPSA) is 40.5 Å². The fourth-order valence-electron chi connectivity index (χ4n) is 2.61. The van der Waals surface area contributed by atoms with Gasteiger partial charge in [-0.2, -0.15) is 0 Å². The maximum atomic E-state index is 9.79. The summed E-state index contributed by atoms with van der Waals surface area (Å²) in [5.41, 5.74) is 2.16.